The molecule has 0 heterocycles. The summed E-state index contributed by atoms with van der Waals surface area (Å²) >= 11 is 0. The van der Waals surface area contributed by atoms with E-state index in [1.54, 1.807) is 6.08 Å². The molecule has 0 aliphatic heterocycles. The van der Waals surface area contributed by atoms with E-state index in [4.69, 9.17) is 0 Å². The third-order valence-electron chi connectivity index (χ3n) is 6.43. The summed E-state index contributed by atoms with van der Waals surface area (Å²) in [6, 6.07) is -0.339. The predicted octanol–water partition coefficient (Wildman–Crippen LogP) is 8.70. The lowest BCUT2D eigenvalue weighted by molar-refractivity contribution is -0.128. The lowest BCUT2D eigenvalue weighted by Crippen LogP contribution is -2.44. The Bertz CT molecular complexity index is 458. The first-order chi connectivity index (χ1) is 15.5. The number of ketones is 1. The topological polar surface area (TPSA) is 46.2 Å². The van der Waals surface area contributed by atoms with Crippen LogP contribution in [-0.2, 0) is 9.59 Å². The summed E-state index contributed by atoms with van der Waals surface area (Å²) in [5, 5.41) is 2.92. The average Bonchev–Trinajstić information content (AvgIpc) is 2.77. The number of Topliss-reactive ketones (excluding diaryl/α,β-unsaturated/α-hetero) is 1. The number of hydrogen-bond acceptors (Lipinski definition) is 2. The molecule has 0 bridgehead atoms. The summed E-state index contributed by atoms with van der Waals surface area (Å²) in [5.74, 6) is 0.285. The molecule has 0 radical (unpaired) electrons. The van der Waals surface area contributed by atoms with E-state index < -0.39 is 0 Å². The Kier molecular flexibility index (Phi) is 22.2. The van der Waals surface area contributed by atoms with E-state index in [1.165, 1.54) is 96.3 Å². The highest BCUT2D eigenvalue weighted by Crippen LogP contribution is 2.15. The molecule has 0 spiro atoms. The Morgan fingerprint density at radius 3 is 1.47 bits per heavy atom. The molecule has 0 saturated heterocycles. The molecule has 0 rings (SSSR count). The van der Waals surface area contributed by atoms with Crippen LogP contribution in [0.1, 0.15) is 149 Å². The minimum absolute atomic E-state index is 0.0423. The molecule has 0 saturated carbocycles. The first-order valence-electron chi connectivity index (χ1n) is 14.0. The van der Waals surface area contributed by atoms with Gasteiger partial charge in [-0.3, -0.25) is 9.59 Å². The highest BCUT2D eigenvalue weighted by molar-refractivity contribution is 5.89. The summed E-state index contributed by atoms with van der Waals surface area (Å²) < 4.78 is 0. The second kappa shape index (κ2) is 23.1. The van der Waals surface area contributed by atoms with Crippen molar-refractivity contribution in [2.24, 2.45) is 5.92 Å². The van der Waals surface area contributed by atoms with Crippen LogP contribution in [0.3, 0.4) is 0 Å². The number of amides is 1. The van der Waals surface area contributed by atoms with Gasteiger partial charge in [0.15, 0.2) is 5.78 Å². The van der Waals surface area contributed by atoms with Crippen LogP contribution >= 0.6 is 0 Å². The van der Waals surface area contributed by atoms with E-state index >= 15 is 0 Å². The fraction of sp³-hybridized carbons (Fsp3) is 0.862. The van der Waals surface area contributed by atoms with Crippen LogP contribution in [0, 0.1) is 5.92 Å². The molecule has 1 unspecified atom stereocenters. The number of hydrogen-bond donors (Lipinski definition) is 1. The van der Waals surface area contributed by atoms with E-state index in [0.29, 0.717) is 19.3 Å². The van der Waals surface area contributed by atoms with Gasteiger partial charge in [-0.05, 0) is 18.8 Å². The van der Waals surface area contributed by atoms with Gasteiger partial charge in [0.25, 0.3) is 0 Å². The van der Waals surface area contributed by atoms with Crippen LogP contribution in [0.5, 0.6) is 0 Å². The van der Waals surface area contributed by atoms with Crippen molar-refractivity contribution in [3.63, 3.8) is 0 Å². The molecule has 32 heavy (non-hydrogen) atoms. The van der Waals surface area contributed by atoms with E-state index in [-0.39, 0.29) is 23.7 Å². The van der Waals surface area contributed by atoms with Gasteiger partial charge in [-0.25, -0.2) is 0 Å². The second-order valence-corrected chi connectivity index (χ2v) is 9.99. The molecule has 0 aliphatic rings. The van der Waals surface area contributed by atoms with E-state index in [2.05, 4.69) is 18.8 Å². The van der Waals surface area contributed by atoms with Crippen molar-refractivity contribution in [1.82, 2.24) is 5.32 Å². The number of carbonyl (C=O) groups is 2. The predicted molar refractivity (Wildman–Crippen MR) is 140 cm³/mol. The molecular weight excluding hydrogens is 394 g/mol. The van der Waals surface area contributed by atoms with Gasteiger partial charge in [-0.2, -0.15) is 0 Å². The van der Waals surface area contributed by atoms with Crippen LogP contribution < -0.4 is 5.32 Å². The molecule has 0 aromatic heterocycles. The Morgan fingerprint density at radius 1 is 0.688 bits per heavy atom. The van der Waals surface area contributed by atoms with Gasteiger partial charge in [-0.15, -0.1) is 6.58 Å². The minimum Gasteiger partial charge on any atom is -0.346 e. The highest BCUT2D eigenvalue weighted by Gasteiger charge is 2.23. The molecule has 0 aromatic rings. The summed E-state index contributed by atoms with van der Waals surface area (Å²) in [6.07, 6.45) is 26.2. The van der Waals surface area contributed by atoms with Gasteiger partial charge >= 0.3 is 0 Å². The first kappa shape index (κ1) is 30.9. The van der Waals surface area contributed by atoms with Gasteiger partial charge in [0.05, 0.1) is 6.04 Å². The number of rotatable bonds is 24. The van der Waals surface area contributed by atoms with Gasteiger partial charge in [0.2, 0.25) is 5.91 Å². The van der Waals surface area contributed by atoms with Gasteiger partial charge in [0.1, 0.15) is 0 Å². The maximum Gasteiger partial charge on any atom is 0.220 e. The number of allylic oxidation sites excluding steroid dienone is 1. The zero-order valence-corrected chi connectivity index (χ0v) is 21.9. The number of unbranched alkanes of at least 4 members (excludes halogenated alkanes) is 16. The molecular formula is C29H55NO2. The molecule has 3 heteroatoms. The Labute approximate surface area is 200 Å². The van der Waals surface area contributed by atoms with E-state index in [0.717, 1.165) is 12.8 Å². The smallest absolute Gasteiger partial charge is 0.220 e. The van der Waals surface area contributed by atoms with Crippen LogP contribution in [0.15, 0.2) is 12.7 Å². The molecule has 188 valence electrons. The molecule has 1 amide bonds. The lowest BCUT2D eigenvalue weighted by Gasteiger charge is -2.21. The van der Waals surface area contributed by atoms with E-state index in [9.17, 15) is 9.59 Å². The Morgan fingerprint density at radius 2 is 1.09 bits per heavy atom. The van der Waals surface area contributed by atoms with Crippen molar-refractivity contribution >= 4 is 11.7 Å². The van der Waals surface area contributed by atoms with Crippen LogP contribution in [0.2, 0.25) is 0 Å². The maximum atomic E-state index is 12.5. The molecule has 0 fully saturated rings. The first-order valence-corrected chi connectivity index (χ1v) is 14.0. The normalized spacial score (nSPS) is 12.1. The minimum atomic E-state index is -0.339. The van der Waals surface area contributed by atoms with Crippen molar-refractivity contribution in [3.8, 4) is 0 Å². The molecule has 1 N–H and O–H groups in total. The lowest BCUT2D eigenvalue weighted by atomic mass is 9.95. The largest absolute Gasteiger partial charge is 0.346 e. The van der Waals surface area contributed by atoms with Crippen molar-refractivity contribution in [2.75, 3.05) is 0 Å². The molecule has 3 nitrogen and oxygen atoms in total. The second-order valence-electron chi connectivity index (χ2n) is 9.99. The SMILES string of the molecule is C=CCCC(=O)NC(C(=O)CCCCCCCCCCCCCCCCCCC)C(C)C. The quantitative estimate of drug-likeness (QED) is 0.118. The van der Waals surface area contributed by atoms with Crippen LogP contribution in [0.4, 0.5) is 0 Å². The fourth-order valence-electron chi connectivity index (χ4n) is 4.28. The molecule has 1 atom stereocenters. The average molecular weight is 450 g/mol. The van der Waals surface area contributed by atoms with Crippen molar-refractivity contribution in [2.45, 2.75) is 155 Å². The zero-order valence-electron chi connectivity index (χ0n) is 21.9. The van der Waals surface area contributed by atoms with Crippen molar-refractivity contribution in [3.05, 3.63) is 12.7 Å². The highest BCUT2D eigenvalue weighted by atomic mass is 16.2. The summed E-state index contributed by atoms with van der Waals surface area (Å²) in [6.45, 7) is 9.93. The van der Waals surface area contributed by atoms with Gasteiger partial charge in [-0.1, -0.05) is 130 Å². The maximum absolute atomic E-state index is 12.5. The van der Waals surface area contributed by atoms with Gasteiger partial charge in [0, 0.05) is 12.8 Å². The molecule has 0 aliphatic carbocycles. The van der Waals surface area contributed by atoms with Crippen molar-refractivity contribution in [1.29, 1.82) is 0 Å². The summed E-state index contributed by atoms with van der Waals surface area (Å²) in [5.41, 5.74) is 0. The van der Waals surface area contributed by atoms with Crippen LogP contribution in [0.25, 0.3) is 0 Å². The Balaban J connectivity index is 3.53. The molecule has 0 aromatic carbocycles. The fourth-order valence-corrected chi connectivity index (χ4v) is 4.28. The third-order valence-corrected chi connectivity index (χ3v) is 6.43. The monoisotopic (exact) mass is 449 g/mol. The van der Waals surface area contributed by atoms with Gasteiger partial charge < -0.3 is 5.32 Å². The standard InChI is InChI=1S/C29H55NO2/c1-5-7-9-10-11-12-13-14-15-16-17-18-19-20-21-22-23-24-27(31)29(26(3)4)30-28(32)25-8-6-2/h6,26,29H,2,5,7-25H2,1,3-4H3,(H,30,32). The van der Waals surface area contributed by atoms with E-state index in [1.807, 2.05) is 13.8 Å². The Hall–Kier alpha value is -1.12. The van der Waals surface area contributed by atoms with Crippen LogP contribution in [-0.4, -0.2) is 17.7 Å². The number of carbonyl (C=O) groups excluding carboxylic acids is 2. The van der Waals surface area contributed by atoms with Crippen molar-refractivity contribution < 1.29 is 9.59 Å². The summed E-state index contributed by atoms with van der Waals surface area (Å²) in [4.78, 5) is 24.5. The zero-order chi connectivity index (χ0) is 23.9. The summed E-state index contributed by atoms with van der Waals surface area (Å²) in [7, 11) is 0. The number of nitrogens with one attached hydrogen (secondary N) is 1. The third kappa shape index (κ3) is 19.6.